The first kappa shape index (κ1) is 11.0. The number of hydrogen-bond donors (Lipinski definition) is 2. The van der Waals surface area contributed by atoms with E-state index in [9.17, 15) is 13.2 Å². The number of aryl methyl sites for hydroxylation is 1. The minimum Gasteiger partial charge on any atom is -0.381 e. The summed E-state index contributed by atoms with van der Waals surface area (Å²) in [6.45, 7) is 0.767. The Kier molecular flexibility index (Phi) is 2.84. The molecule has 14 heavy (non-hydrogen) atoms. The molecule has 0 fully saturated rings. The Morgan fingerprint density at radius 1 is 1.50 bits per heavy atom. The molecule has 80 valence electrons. The molecule has 1 rings (SSSR count). The second kappa shape index (κ2) is 3.61. The first-order valence-corrected chi connectivity index (χ1v) is 4.10. The molecule has 0 aliphatic heterocycles. The number of aromatic amines is 1. The van der Waals surface area contributed by atoms with Crippen molar-refractivity contribution in [3.05, 3.63) is 18.0 Å². The molecule has 0 saturated heterocycles. The molecule has 0 unspecified atom stereocenters. The van der Waals surface area contributed by atoms with Crippen molar-refractivity contribution >= 4 is 0 Å². The molecule has 0 aliphatic rings. The van der Waals surface area contributed by atoms with Crippen LogP contribution in [0.5, 0.6) is 0 Å². The molecule has 1 aromatic heterocycles. The minimum absolute atomic E-state index is 0.118. The largest absolute Gasteiger partial charge is 0.416 e. The van der Waals surface area contributed by atoms with E-state index in [0.29, 0.717) is 5.69 Å². The van der Waals surface area contributed by atoms with Crippen molar-refractivity contribution in [2.24, 2.45) is 0 Å². The smallest absolute Gasteiger partial charge is 0.381 e. The van der Waals surface area contributed by atoms with Gasteiger partial charge < -0.3 is 5.11 Å². The number of aliphatic hydroxyl groups is 1. The zero-order valence-corrected chi connectivity index (χ0v) is 7.60. The van der Waals surface area contributed by atoms with Crippen molar-refractivity contribution in [2.75, 3.05) is 0 Å². The van der Waals surface area contributed by atoms with Gasteiger partial charge in [0.1, 0.15) is 0 Å². The lowest BCUT2D eigenvalue weighted by atomic mass is 9.98. The fraction of sp³-hybridized carbons (Fsp3) is 0.625. The predicted octanol–water partition coefficient (Wildman–Crippen LogP) is 1.66. The summed E-state index contributed by atoms with van der Waals surface area (Å²) >= 11 is 0. The molecule has 3 nitrogen and oxygen atoms in total. The van der Waals surface area contributed by atoms with Gasteiger partial charge in [0.15, 0.2) is 5.60 Å². The Morgan fingerprint density at radius 3 is 2.57 bits per heavy atom. The van der Waals surface area contributed by atoms with Crippen molar-refractivity contribution in [1.82, 2.24) is 10.2 Å². The fourth-order valence-electron chi connectivity index (χ4n) is 0.944. The molecule has 0 bridgehead atoms. The molecule has 0 aliphatic carbocycles. The molecule has 0 aromatic carbocycles. The van der Waals surface area contributed by atoms with Crippen LogP contribution in [0.1, 0.15) is 19.0 Å². The van der Waals surface area contributed by atoms with Gasteiger partial charge >= 0.3 is 6.18 Å². The third-order valence-electron chi connectivity index (χ3n) is 2.05. The van der Waals surface area contributed by atoms with E-state index in [1.54, 1.807) is 6.07 Å². The van der Waals surface area contributed by atoms with Gasteiger partial charge in [0.25, 0.3) is 0 Å². The van der Waals surface area contributed by atoms with Gasteiger partial charge in [0, 0.05) is 11.9 Å². The summed E-state index contributed by atoms with van der Waals surface area (Å²) in [5, 5.41) is 15.2. The van der Waals surface area contributed by atoms with Crippen LogP contribution < -0.4 is 0 Å². The summed E-state index contributed by atoms with van der Waals surface area (Å²) < 4.78 is 36.6. The van der Waals surface area contributed by atoms with Gasteiger partial charge in [-0.15, -0.1) is 0 Å². The molecular formula is C8H11F3N2O. The third-order valence-corrected chi connectivity index (χ3v) is 2.05. The highest BCUT2D eigenvalue weighted by molar-refractivity contribution is 4.99. The van der Waals surface area contributed by atoms with Crippen LogP contribution in [0.15, 0.2) is 12.3 Å². The molecule has 6 heteroatoms. The Hall–Kier alpha value is -1.04. The van der Waals surface area contributed by atoms with Crippen molar-refractivity contribution in [1.29, 1.82) is 0 Å². The standard InChI is InChI=1S/C8H11F3N2O/c1-7(14,8(9,10)11)4-2-6-3-5-12-13-6/h3,5,14H,2,4H2,1H3,(H,12,13)/t7-/m1/s1. The molecule has 0 spiro atoms. The molecule has 0 amide bonds. The number of aromatic nitrogens is 2. The van der Waals surface area contributed by atoms with Crippen LogP contribution in [0.25, 0.3) is 0 Å². The molecule has 1 atom stereocenters. The Labute approximate surface area is 78.9 Å². The van der Waals surface area contributed by atoms with Crippen LogP contribution in [-0.2, 0) is 6.42 Å². The van der Waals surface area contributed by atoms with Crippen molar-refractivity contribution < 1.29 is 18.3 Å². The third kappa shape index (κ3) is 2.47. The highest BCUT2D eigenvalue weighted by Crippen LogP contribution is 2.33. The number of hydrogen-bond acceptors (Lipinski definition) is 2. The lowest BCUT2D eigenvalue weighted by Crippen LogP contribution is -2.42. The van der Waals surface area contributed by atoms with Crippen molar-refractivity contribution in [3.63, 3.8) is 0 Å². The molecule has 0 saturated carbocycles. The number of nitrogens with zero attached hydrogens (tertiary/aromatic N) is 1. The van der Waals surface area contributed by atoms with E-state index in [0.717, 1.165) is 6.92 Å². The molecule has 2 N–H and O–H groups in total. The number of halogens is 3. The van der Waals surface area contributed by atoms with Crippen LogP contribution in [0, 0.1) is 0 Å². The van der Waals surface area contributed by atoms with Gasteiger partial charge in [-0.1, -0.05) is 0 Å². The maximum Gasteiger partial charge on any atom is 0.416 e. The predicted molar refractivity (Wildman–Crippen MR) is 43.6 cm³/mol. The van der Waals surface area contributed by atoms with E-state index in [2.05, 4.69) is 10.2 Å². The monoisotopic (exact) mass is 208 g/mol. The molecule has 0 radical (unpaired) electrons. The summed E-state index contributed by atoms with van der Waals surface area (Å²) in [4.78, 5) is 0. The van der Waals surface area contributed by atoms with Crippen LogP contribution in [0.3, 0.4) is 0 Å². The summed E-state index contributed by atoms with van der Waals surface area (Å²) in [5.41, 5.74) is -2.06. The number of H-pyrrole nitrogens is 1. The van der Waals surface area contributed by atoms with Crippen LogP contribution in [0.4, 0.5) is 13.2 Å². The summed E-state index contributed by atoms with van der Waals surface area (Å²) in [7, 11) is 0. The van der Waals surface area contributed by atoms with Gasteiger partial charge in [-0.2, -0.15) is 18.3 Å². The van der Waals surface area contributed by atoms with Crippen molar-refractivity contribution in [2.45, 2.75) is 31.5 Å². The van der Waals surface area contributed by atoms with Crippen molar-refractivity contribution in [3.8, 4) is 0 Å². The maximum atomic E-state index is 12.2. The number of alkyl halides is 3. The van der Waals surface area contributed by atoms with Gasteiger partial charge in [0.05, 0.1) is 0 Å². The lowest BCUT2D eigenvalue weighted by molar-refractivity contribution is -0.254. The van der Waals surface area contributed by atoms with E-state index in [1.807, 2.05) is 0 Å². The first-order chi connectivity index (χ1) is 6.33. The van der Waals surface area contributed by atoms with Crippen LogP contribution in [0.2, 0.25) is 0 Å². The fourth-order valence-corrected chi connectivity index (χ4v) is 0.944. The van der Waals surface area contributed by atoms with Gasteiger partial charge in [0.2, 0.25) is 0 Å². The average molecular weight is 208 g/mol. The zero-order chi connectivity index (χ0) is 10.8. The quantitative estimate of drug-likeness (QED) is 0.793. The molecule has 1 heterocycles. The Morgan fingerprint density at radius 2 is 2.14 bits per heavy atom. The first-order valence-electron chi connectivity index (χ1n) is 4.10. The second-order valence-electron chi connectivity index (χ2n) is 3.35. The van der Waals surface area contributed by atoms with Gasteiger partial charge in [-0.25, -0.2) is 0 Å². The van der Waals surface area contributed by atoms with E-state index in [1.165, 1.54) is 6.20 Å². The van der Waals surface area contributed by atoms with E-state index >= 15 is 0 Å². The maximum absolute atomic E-state index is 12.2. The zero-order valence-electron chi connectivity index (χ0n) is 7.60. The summed E-state index contributed by atoms with van der Waals surface area (Å²) in [5.74, 6) is 0. The van der Waals surface area contributed by atoms with Gasteiger partial charge in [-0.05, 0) is 25.8 Å². The van der Waals surface area contributed by atoms with Gasteiger partial charge in [-0.3, -0.25) is 5.10 Å². The van der Waals surface area contributed by atoms with E-state index in [-0.39, 0.29) is 12.8 Å². The second-order valence-corrected chi connectivity index (χ2v) is 3.35. The van der Waals surface area contributed by atoms with Crippen LogP contribution >= 0.6 is 0 Å². The van der Waals surface area contributed by atoms with Crippen LogP contribution in [-0.4, -0.2) is 27.1 Å². The highest BCUT2D eigenvalue weighted by Gasteiger charge is 2.49. The normalized spacial score (nSPS) is 16.6. The summed E-state index contributed by atoms with van der Waals surface area (Å²) in [6, 6.07) is 1.58. The average Bonchev–Trinajstić information content (AvgIpc) is 2.50. The lowest BCUT2D eigenvalue weighted by Gasteiger charge is -2.25. The number of nitrogens with one attached hydrogen (secondary N) is 1. The Balaban J connectivity index is 2.53. The minimum atomic E-state index is -4.59. The number of rotatable bonds is 3. The Bertz CT molecular complexity index is 279. The molecular weight excluding hydrogens is 197 g/mol. The summed E-state index contributed by atoms with van der Waals surface area (Å²) in [6.07, 6.45) is -3.39. The topological polar surface area (TPSA) is 48.9 Å². The SMILES string of the molecule is C[C@@](O)(CCc1ccn[nH]1)C(F)(F)F. The molecule has 1 aromatic rings. The van der Waals surface area contributed by atoms with E-state index in [4.69, 9.17) is 5.11 Å². The highest BCUT2D eigenvalue weighted by atomic mass is 19.4. The van der Waals surface area contributed by atoms with E-state index < -0.39 is 11.8 Å².